The highest BCUT2D eigenvalue weighted by atomic mass is 16.7. The van der Waals surface area contributed by atoms with Crippen molar-refractivity contribution in [1.29, 1.82) is 0 Å². The number of carbonyl (C=O) groups is 2. The summed E-state index contributed by atoms with van der Waals surface area (Å²) in [5.41, 5.74) is 2.38. The SMILES string of the molecule is O=C(Cn1c(CCCNC(=O)C2CCCO2)nc2ccccc21)Nc1ccc2c(c1)OCO2. The third-order valence-electron chi connectivity index (χ3n) is 5.79. The Hall–Kier alpha value is -3.59. The molecule has 1 unspecified atom stereocenters. The standard InChI is InChI=1S/C24H26N4O5/c29-23(26-16-9-10-19-21(13-16)33-15-32-19)14-28-18-6-2-1-5-17(18)27-22(28)8-3-11-25-24(30)20-7-4-12-31-20/h1-2,5-6,9-10,13,20H,3-4,7-8,11-12,14-15H2,(H,25,30)(H,26,29). The van der Waals surface area contributed by atoms with Crippen LogP contribution in [0.25, 0.3) is 11.0 Å². The molecule has 1 aromatic heterocycles. The molecule has 2 amide bonds. The summed E-state index contributed by atoms with van der Waals surface area (Å²) in [4.78, 5) is 29.7. The smallest absolute Gasteiger partial charge is 0.249 e. The van der Waals surface area contributed by atoms with E-state index in [9.17, 15) is 9.59 Å². The van der Waals surface area contributed by atoms with Crippen LogP contribution in [0.5, 0.6) is 11.5 Å². The van der Waals surface area contributed by atoms with Gasteiger partial charge in [-0.25, -0.2) is 4.98 Å². The Kier molecular flexibility index (Phi) is 6.12. The van der Waals surface area contributed by atoms with Crippen molar-refractivity contribution < 1.29 is 23.8 Å². The first-order chi connectivity index (χ1) is 16.2. The van der Waals surface area contributed by atoms with Crippen molar-refractivity contribution >= 4 is 28.5 Å². The molecule has 2 N–H and O–H groups in total. The van der Waals surface area contributed by atoms with E-state index in [0.29, 0.717) is 43.2 Å². The number of rotatable bonds is 8. The molecule has 33 heavy (non-hydrogen) atoms. The lowest BCUT2D eigenvalue weighted by Crippen LogP contribution is -2.34. The molecule has 0 radical (unpaired) electrons. The predicted molar refractivity (Wildman–Crippen MR) is 121 cm³/mol. The number of aryl methyl sites for hydroxylation is 1. The Labute approximate surface area is 191 Å². The fraction of sp³-hybridized carbons (Fsp3) is 0.375. The number of nitrogens with one attached hydrogen (secondary N) is 2. The molecular formula is C24H26N4O5. The number of anilines is 1. The van der Waals surface area contributed by atoms with Crippen LogP contribution in [0.15, 0.2) is 42.5 Å². The maximum absolute atomic E-state index is 12.8. The zero-order chi connectivity index (χ0) is 22.6. The van der Waals surface area contributed by atoms with E-state index in [2.05, 4.69) is 10.6 Å². The summed E-state index contributed by atoms with van der Waals surface area (Å²) in [6.07, 6.45) is 2.73. The van der Waals surface area contributed by atoms with E-state index in [-0.39, 0.29) is 31.3 Å². The van der Waals surface area contributed by atoms with Crippen molar-refractivity contribution in [1.82, 2.24) is 14.9 Å². The molecule has 9 nitrogen and oxygen atoms in total. The molecule has 0 aliphatic carbocycles. The Morgan fingerprint density at radius 2 is 2.00 bits per heavy atom. The molecule has 3 aromatic rings. The summed E-state index contributed by atoms with van der Waals surface area (Å²) in [7, 11) is 0. The summed E-state index contributed by atoms with van der Waals surface area (Å²) in [6.45, 7) is 1.50. The number of ether oxygens (including phenoxy) is 3. The van der Waals surface area contributed by atoms with Gasteiger partial charge in [0.2, 0.25) is 18.6 Å². The predicted octanol–water partition coefficient (Wildman–Crippen LogP) is 2.63. The van der Waals surface area contributed by atoms with Gasteiger partial charge < -0.3 is 29.4 Å². The van der Waals surface area contributed by atoms with E-state index in [1.54, 1.807) is 18.2 Å². The normalized spacial score (nSPS) is 16.8. The summed E-state index contributed by atoms with van der Waals surface area (Å²) in [5.74, 6) is 1.88. The quantitative estimate of drug-likeness (QED) is 0.512. The van der Waals surface area contributed by atoms with Crippen LogP contribution in [0.1, 0.15) is 25.1 Å². The first kappa shape index (κ1) is 21.3. The highest BCUT2D eigenvalue weighted by Gasteiger charge is 2.23. The van der Waals surface area contributed by atoms with Gasteiger partial charge in [-0.05, 0) is 43.5 Å². The highest BCUT2D eigenvalue weighted by Crippen LogP contribution is 2.34. The number of carbonyl (C=O) groups excluding carboxylic acids is 2. The van der Waals surface area contributed by atoms with Gasteiger partial charge >= 0.3 is 0 Å². The largest absolute Gasteiger partial charge is 0.454 e. The first-order valence-electron chi connectivity index (χ1n) is 11.2. The van der Waals surface area contributed by atoms with Gasteiger partial charge in [0.15, 0.2) is 11.5 Å². The minimum atomic E-state index is -0.325. The molecule has 1 saturated heterocycles. The fourth-order valence-electron chi connectivity index (χ4n) is 4.17. The summed E-state index contributed by atoms with van der Waals surface area (Å²) < 4.78 is 18.0. The number of aromatic nitrogens is 2. The lowest BCUT2D eigenvalue weighted by molar-refractivity contribution is -0.130. The number of nitrogens with zero attached hydrogens (tertiary/aromatic N) is 2. The number of hydrogen-bond donors (Lipinski definition) is 2. The average Bonchev–Trinajstić information content (AvgIpc) is 3.57. The van der Waals surface area contributed by atoms with Crippen molar-refractivity contribution in [3.05, 3.63) is 48.3 Å². The summed E-state index contributed by atoms with van der Waals surface area (Å²) >= 11 is 0. The zero-order valence-corrected chi connectivity index (χ0v) is 18.2. The third kappa shape index (κ3) is 4.78. The van der Waals surface area contributed by atoms with E-state index in [4.69, 9.17) is 19.2 Å². The van der Waals surface area contributed by atoms with E-state index in [1.165, 1.54) is 0 Å². The molecule has 0 bridgehead atoms. The van der Waals surface area contributed by atoms with Crippen LogP contribution in [0.2, 0.25) is 0 Å². The van der Waals surface area contributed by atoms with Gasteiger partial charge in [0, 0.05) is 31.3 Å². The molecule has 2 aliphatic heterocycles. The van der Waals surface area contributed by atoms with E-state index in [0.717, 1.165) is 29.7 Å². The molecule has 2 aliphatic rings. The molecule has 172 valence electrons. The summed E-state index contributed by atoms with van der Waals surface area (Å²) in [6, 6.07) is 13.1. The van der Waals surface area contributed by atoms with Gasteiger partial charge in [-0.2, -0.15) is 0 Å². The molecule has 0 spiro atoms. The maximum Gasteiger partial charge on any atom is 0.249 e. The van der Waals surface area contributed by atoms with Gasteiger partial charge in [0.05, 0.1) is 11.0 Å². The number of hydrogen-bond acceptors (Lipinski definition) is 6. The molecule has 9 heteroatoms. The van der Waals surface area contributed by atoms with Gasteiger partial charge in [-0.1, -0.05) is 12.1 Å². The van der Waals surface area contributed by atoms with Crippen molar-refractivity contribution in [3.8, 4) is 11.5 Å². The number of benzene rings is 2. The Bertz CT molecular complexity index is 1170. The number of imidazole rings is 1. The molecule has 1 atom stereocenters. The van der Waals surface area contributed by atoms with Gasteiger partial charge in [0.25, 0.3) is 0 Å². The third-order valence-corrected chi connectivity index (χ3v) is 5.79. The molecule has 2 aromatic carbocycles. The van der Waals surface area contributed by atoms with Crippen molar-refractivity contribution in [3.63, 3.8) is 0 Å². The number of amides is 2. The number of para-hydroxylation sites is 2. The van der Waals surface area contributed by atoms with Crippen molar-refractivity contribution in [2.45, 2.75) is 38.3 Å². The molecule has 1 fully saturated rings. The Morgan fingerprint density at radius 3 is 2.88 bits per heavy atom. The second-order valence-corrected chi connectivity index (χ2v) is 8.12. The van der Waals surface area contributed by atoms with Crippen LogP contribution < -0.4 is 20.1 Å². The van der Waals surface area contributed by atoms with E-state index < -0.39 is 0 Å². The van der Waals surface area contributed by atoms with Crippen molar-refractivity contribution in [2.75, 3.05) is 25.3 Å². The van der Waals surface area contributed by atoms with Crippen LogP contribution >= 0.6 is 0 Å². The van der Waals surface area contributed by atoms with Gasteiger partial charge in [0.1, 0.15) is 18.5 Å². The topological polar surface area (TPSA) is 104 Å². The van der Waals surface area contributed by atoms with E-state index in [1.807, 2.05) is 28.8 Å². The van der Waals surface area contributed by atoms with Gasteiger partial charge in [-0.15, -0.1) is 0 Å². The molecule has 5 rings (SSSR count). The minimum absolute atomic E-state index is 0.0518. The van der Waals surface area contributed by atoms with Crippen molar-refractivity contribution in [2.24, 2.45) is 0 Å². The Balaban J connectivity index is 1.23. The minimum Gasteiger partial charge on any atom is -0.454 e. The maximum atomic E-state index is 12.8. The molecule has 0 saturated carbocycles. The van der Waals surface area contributed by atoms with Crippen LogP contribution in [0, 0.1) is 0 Å². The van der Waals surface area contributed by atoms with Crippen LogP contribution in [0.3, 0.4) is 0 Å². The lowest BCUT2D eigenvalue weighted by Gasteiger charge is -2.12. The second-order valence-electron chi connectivity index (χ2n) is 8.12. The second kappa shape index (κ2) is 9.50. The van der Waals surface area contributed by atoms with Crippen LogP contribution in [-0.2, 0) is 27.3 Å². The first-order valence-corrected chi connectivity index (χ1v) is 11.2. The number of fused-ring (bicyclic) bond motifs is 2. The lowest BCUT2D eigenvalue weighted by atomic mass is 10.2. The van der Waals surface area contributed by atoms with Crippen LogP contribution in [-0.4, -0.2) is 47.4 Å². The molecule has 3 heterocycles. The summed E-state index contributed by atoms with van der Waals surface area (Å²) in [5, 5.41) is 5.86. The Morgan fingerprint density at radius 1 is 1.12 bits per heavy atom. The highest BCUT2D eigenvalue weighted by molar-refractivity contribution is 5.92. The van der Waals surface area contributed by atoms with E-state index >= 15 is 0 Å². The fourth-order valence-corrected chi connectivity index (χ4v) is 4.17. The van der Waals surface area contributed by atoms with Gasteiger partial charge in [-0.3, -0.25) is 9.59 Å². The zero-order valence-electron chi connectivity index (χ0n) is 18.2. The average molecular weight is 450 g/mol. The van der Waals surface area contributed by atoms with Crippen LogP contribution in [0.4, 0.5) is 5.69 Å². The molecular weight excluding hydrogens is 424 g/mol. The monoisotopic (exact) mass is 450 g/mol.